The average molecular weight is 593 g/mol. The molecule has 8 nitrogen and oxygen atoms in total. The SMILES string of the molecule is CN(C)S(=O)(=O)NC(=O)c1ccc2c(C3CCCCC3)c3n(c2c1)CC(C(=O)N1CC[C@](C)(F)C1)=Cc1ccccc1-3. The Labute approximate surface area is 246 Å². The summed E-state index contributed by atoms with van der Waals surface area (Å²) in [6, 6.07) is 13.4. The molecule has 1 atom stereocenters. The third-order valence-corrected chi connectivity index (χ3v) is 10.3. The lowest BCUT2D eigenvalue weighted by Gasteiger charge is -2.24. The maximum atomic E-state index is 14.7. The Bertz CT molecular complexity index is 1720. The normalized spacial score (nSPS) is 21.2. The summed E-state index contributed by atoms with van der Waals surface area (Å²) in [6.45, 7) is 2.21. The molecular formula is C32H37FN4O4S. The van der Waals surface area contributed by atoms with Crippen LogP contribution in [0.3, 0.4) is 0 Å². The van der Waals surface area contributed by atoms with Gasteiger partial charge in [-0.15, -0.1) is 0 Å². The highest BCUT2D eigenvalue weighted by Gasteiger charge is 2.38. The minimum absolute atomic E-state index is 0.0576. The van der Waals surface area contributed by atoms with Crippen LogP contribution >= 0.6 is 0 Å². The zero-order valence-electron chi connectivity index (χ0n) is 24.3. The van der Waals surface area contributed by atoms with Gasteiger partial charge in [-0.25, -0.2) is 9.11 Å². The predicted molar refractivity (Wildman–Crippen MR) is 162 cm³/mol. The molecule has 1 N–H and O–H groups in total. The van der Waals surface area contributed by atoms with Crippen molar-refractivity contribution in [1.82, 2.24) is 18.5 Å². The molecule has 42 heavy (non-hydrogen) atoms. The lowest BCUT2D eigenvalue weighted by atomic mass is 9.81. The van der Waals surface area contributed by atoms with E-state index in [0.717, 1.165) is 57.7 Å². The van der Waals surface area contributed by atoms with Gasteiger partial charge in [0.15, 0.2) is 0 Å². The highest BCUT2D eigenvalue weighted by atomic mass is 32.2. The van der Waals surface area contributed by atoms with Gasteiger partial charge < -0.3 is 9.47 Å². The van der Waals surface area contributed by atoms with Crippen LogP contribution in [0.5, 0.6) is 0 Å². The van der Waals surface area contributed by atoms with Crippen LogP contribution in [0, 0.1) is 0 Å². The Balaban J connectivity index is 1.53. The minimum atomic E-state index is -3.98. The molecule has 0 spiro atoms. The lowest BCUT2D eigenvalue weighted by molar-refractivity contribution is -0.126. The zero-order chi connectivity index (χ0) is 29.8. The summed E-state index contributed by atoms with van der Waals surface area (Å²) in [7, 11) is -1.26. The highest BCUT2D eigenvalue weighted by molar-refractivity contribution is 7.87. The van der Waals surface area contributed by atoms with Gasteiger partial charge in [-0.05, 0) is 55.0 Å². The van der Waals surface area contributed by atoms with Crippen molar-refractivity contribution < 1.29 is 22.4 Å². The molecular weight excluding hydrogens is 555 g/mol. The Morgan fingerprint density at radius 1 is 1.07 bits per heavy atom. The first-order valence-corrected chi connectivity index (χ1v) is 16.1. The van der Waals surface area contributed by atoms with Gasteiger partial charge in [-0.2, -0.15) is 12.7 Å². The molecule has 2 fully saturated rings. The summed E-state index contributed by atoms with van der Waals surface area (Å²) >= 11 is 0. The molecule has 0 unspecified atom stereocenters. The summed E-state index contributed by atoms with van der Waals surface area (Å²) in [4.78, 5) is 28.6. The van der Waals surface area contributed by atoms with E-state index in [0.29, 0.717) is 24.5 Å². The fourth-order valence-electron chi connectivity index (χ4n) is 6.72. The molecule has 1 aliphatic carbocycles. The first kappa shape index (κ1) is 28.6. The molecule has 0 bridgehead atoms. The third kappa shape index (κ3) is 5.15. The summed E-state index contributed by atoms with van der Waals surface area (Å²) in [5.74, 6) is -0.589. The van der Waals surface area contributed by atoms with E-state index in [4.69, 9.17) is 0 Å². The molecule has 3 heterocycles. The molecule has 2 amide bonds. The summed E-state index contributed by atoms with van der Waals surface area (Å²) in [6.07, 6.45) is 7.82. The van der Waals surface area contributed by atoms with Crippen LogP contribution in [-0.4, -0.2) is 66.9 Å². The second kappa shape index (κ2) is 10.6. The average Bonchev–Trinajstić information content (AvgIpc) is 3.42. The molecule has 3 aliphatic rings. The topological polar surface area (TPSA) is 91.7 Å². The first-order valence-electron chi connectivity index (χ1n) is 14.6. The van der Waals surface area contributed by atoms with Gasteiger partial charge in [-0.1, -0.05) is 49.6 Å². The molecule has 3 aromatic rings. The van der Waals surface area contributed by atoms with Crippen molar-refractivity contribution in [3.05, 3.63) is 64.7 Å². The standard InChI is InChI=1S/C32H37FN4O4S/c1-32(33)15-16-36(20-32)31(39)24-17-22-11-7-8-12-25(22)29-28(21-9-5-4-6-10-21)26-14-13-23(18-27(26)37(29)19-24)30(38)34-42(40,41)35(2)3/h7-8,11-14,17-18,21H,4-6,9-10,15-16,19-20H2,1-3H3,(H,34,38)/t32-/m0/s1. The lowest BCUT2D eigenvalue weighted by Crippen LogP contribution is -2.39. The third-order valence-electron chi connectivity index (χ3n) is 8.94. The van der Waals surface area contributed by atoms with Crippen molar-refractivity contribution in [2.75, 3.05) is 27.2 Å². The number of carbonyl (C=O) groups is 2. The number of fused-ring (bicyclic) bond motifs is 5. The van der Waals surface area contributed by atoms with Gasteiger partial charge in [0.2, 0.25) is 0 Å². The molecule has 222 valence electrons. The van der Waals surface area contributed by atoms with Crippen LogP contribution in [0.2, 0.25) is 0 Å². The summed E-state index contributed by atoms with van der Waals surface area (Å²) < 4.78 is 44.8. The van der Waals surface area contributed by atoms with Crippen molar-refractivity contribution in [3.8, 4) is 11.3 Å². The maximum absolute atomic E-state index is 14.7. The Kier molecular flexibility index (Phi) is 7.25. The van der Waals surface area contributed by atoms with Crippen LogP contribution in [-0.2, 0) is 21.5 Å². The number of likely N-dealkylation sites (tertiary alicyclic amines) is 1. The fraction of sp³-hybridized carbons (Fsp3) is 0.438. The van der Waals surface area contributed by atoms with E-state index < -0.39 is 21.8 Å². The van der Waals surface area contributed by atoms with Crippen molar-refractivity contribution in [3.63, 3.8) is 0 Å². The van der Waals surface area contributed by atoms with Gasteiger partial charge in [-0.3, -0.25) is 9.59 Å². The number of halogens is 1. The van der Waals surface area contributed by atoms with Gasteiger partial charge >= 0.3 is 10.2 Å². The second-order valence-electron chi connectivity index (χ2n) is 12.3. The molecule has 1 saturated heterocycles. The van der Waals surface area contributed by atoms with Crippen LogP contribution in [0.15, 0.2) is 48.0 Å². The maximum Gasteiger partial charge on any atom is 0.303 e. The Hall–Kier alpha value is -3.50. The highest BCUT2D eigenvalue weighted by Crippen LogP contribution is 2.46. The number of hydrogen-bond donors (Lipinski definition) is 1. The van der Waals surface area contributed by atoms with Crippen LogP contribution in [0.25, 0.3) is 28.2 Å². The number of carbonyl (C=O) groups excluding carboxylic acids is 2. The van der Waals surface area contributed by atoms with E-state index in [-0.39, 0.29) is 24.6 Å². The Morgan fingerprint density at radius 3 is 2.50 bits per heavy atom. The summed E-state index contributed by atoms with van der Waals surface area (Å²) in [5, 5.41) is 1.00. The van der Waals surface area contributed by atoms with Crippen LogP contribution in [0.1, 0.15) is 72.9 Å². The van der Waals surface area contributed by atoms with Gasteiger partial charge in [0.25, 0.3) is 11.8 Å². The van der Waals surface area contributed by atoms with Crippen molar-refractivity contribution in [2.45, 2.75) is 63.6 Å². The summed E-state index contributed by atoms with van der Waals surface area (Å²) in [5.41, 5.74) is 4.31. The van der Waals surface area contributed by atoms with E-state index in [1.54, 1.807) is 17.0 Å². The van der Waals surface area contributed by atoms with Gasteiger partial charge in [0.05, 0.1) is 18.8 Å². The first-order chi connectivity index (χ1) is 19.9. The van der Waals surface area contributed by atoms with E-state index in [2.05, 4.69) is 15.4 Å². The van der Waals surface area contributed by atoms with E-state index in [9.17, 15) is 22.4 Å². The fourth-order valence-corrected chi connectivity index (χ4v) is 7.25. The number of rotatable bonds is 5. The van der Waals surface area contributed by atoms with Gasteiger partial charge in [0, 0.05) is 54.7 Å². The van der Waals surface area contributed by atoms with Crippen molar-refractivity contribution in [2.24, 2.45) is 0 Å². The molecule has 0 radical (unpaired) electrons. The number of nitrogens with one attached hydrogen (secondary N) is 1. The molecule has 6 rings (SSSR count). The number of aromatic nitrogens is 1. The number of hydrogen-bond acceptors (Lipinski definition) is 4. The molecule has 2 aliphatic heterocycles. The monoisotopic (exact) mass is 592 g/mol. The molecule has 1 saturated carbocycles. The quantitative estimate of drug-likeness (QED) is 0.438. The van der Waals surface area contributed by atoms with Gasteiger partial charge in [0.1, 0.15) is 5.67 Å². The molecule has 2 aromatic carbocycles. The van der Waals surface area contributed by atoms with E-state index in [1.807, 2.05) is 30.3 Å². The van der Waals surface area contributed by atoms with Crippen LogP contribution < -0.4 is 4.72 Å². The number of nitrogens with zero attached hydrogens (tertiary/aromatic N) is 3. The molecule has 10 heteroatoms. The predicted octanol–water partition coefficient (Wildman–Crippen LogP) is 5.25. The zero-order valence-corrected chi connectivity index (χ0v) is 25.1. The van der Waals surface area contributed by atoms with Crippen LogP contribution in [0.4, 0.5) is 4.39 Å². The van der Waals surface area contributed by atoms with E-state index in [1.165, 1.54) is 33.0 Å². The smallest absolute Gasteiger partial charge is 0.303 e. The largest absolute Gasteiger partial charge is 0.336 e. The molecule has 1 aromatic heterocycles. The van der Waals surface area contributed by atoms with Crippen molar-refractivity contribution >= 4 is 39.0 Å². The number of amides is 2. The second-order valence-corrected chi connectivity index (χ2v) is 14.2. The van der Waals surface area contributed by atoms with Crippen molar-refractivity contribution in [1.29, 1.82) is 0 Å². The van der Waals surface area contributed by atoms with E-state index >= 15 is 0 Å². The Morgan fingerprint density at radius 2 is 1.81 bits per heavy atom. The number of benzene rings is 2. The minimum Gasteiger partial charge on any atom is -0.336 e. The number of alkyl halides is 1.